The Labute approximate surface area is 75.0 Å². The van der Waals surface area contributed by atoms with Crippen LogP contribution < -0.4 is 5.06 Å². The number of carbonyl (C=O) groups is 1. The fraction of sp³-hybridized carbons (Fsp3) is 0.125. The Morgan fingerprint density at radius 2 is 2.00 bits per heavy atom. The summed E-state index contributed by atoms with van der Waals surface area (Å²) in [4.78, 5) is 11.0. The van der Waals surface area contributed by atoms with Crippen molar-refractivity contribution in [1.82, 2.24) is 0 Å². The van der Waals surface area contributed by atoms with Gasteiger partial charge in [0.25, 0.3) is 0 Å². The number of benzene rings is 1. The van der Waals surface area contributed by atoms with E-state index in [1.807, 2.05) is 6.07 Å². The highest BCUT2D eigenvalue weighted by Crippen LogP contribution is 2.14. The smallest absolute Gasteiger partial charge is 0.280 e. The summed E-state index contributed by atoms with van der Waals surface area (Å²) in [6.45, 7) is 0. The van der Waals surface area contributed by atoms with E-state index in [0.29, 0.717) is 10.8 Å². The zero-order valence-electron chi connectivity index (χ0n) is 6.60. The number of nitrogens with zero attached hydrogens (tertiary/aromatic N) is 1. The van der Waals surface area contributed by atoms with Crippen LogP contribution >= 0.6 is 11.8 Å². The van der Waals surface area contributed by atoms with Crippen LogP contribution in [0.3, 0.4) is 0 Å². The van der Waals surface area contributed by atoms with E-state index in [9.17, 15) is 10.0 Å². The first-order valence-electron chi connectivity index (χ1n) is 3.37. The van der Waals surface area contributed by atoms with Gasteiger partial charge in [-0.3, -0.25) is 10.0 Å². The standard InChI is InChI=1S/C8H9NO2S/c1-12-8(10)9(11)7-5-3-2-4-6-7/h2-6,11H,1H3. The first kappa shape index (κ1) is 9.09. The predicted octanol–water partition coefficient (Wildman–Crippen LogP) is 2.37. The van der Waals surface area contributed by atoms with Crippen molar-refractivity contribution in [1.29, 1.82) is 0 Å². The van der Waals surface area contributed by atoms with Gasteiger partial charge in [-0.25, -0.2) is 0 Å². The van der Waals surface area contributed by atoms with Gasteiger partial charge in [0.15, 0.2) is 0 Å². The average Bonchev–Trinajstić information content (AvgIpc) is 2.17. The highest BCUT2D eigenvalue weighted by molar-refractivity contribution is 8.13. The maximum atomic E-state index is 11.0. The molecule has 12 heavy (non-hydrogen) atoms. The third-order valence-corrected chi connectivity index (χ3v) is 1.87. The molecule has 0 atom stereocenters. The van der Waals surface area contributed by atoms with Gasteiger partial charge in [-0.2, -0.15) is 5.06 Å². The molecule has 0 aliphatic carbocycles. The highest BCUT2D eigenvalue weighted by Gasteiger charge is 2.09. The third-order valence-electron chi connectivity index (χ3n) is 1.35. The van der Waals surface area contributed by atoms with E-state index in [1.54, 1.807) is 30.5 Å². The molecule has 64 valence electrons. The van der Waals surface area contributed by atoms with Crippen LogP contribution in [0.1, 0.15) is 0 Å². The van der Waals surface area contributed by atoms with E-state index in [-0.39, 0.29) is 5.24 Å². The number of carbonyl (C=O) groups excluding carboxylic acids is 1. The van der Waals surface area contributed by atoms with Crippen LogP contribution in [0.25, 0.3) is 0 Å². The fourth-order valence-electron chi connectivity index (χ4n) is 0.761. The fourth-order valence-corrected chi connectivity index (χ4v) is 1.04. The van der Waals surface area contributed by atoms with Gasteiger partial charge in [-0.05, 0) is 18.4 Å². The van der Waals surface area contributed by atoms with Crippen molar-refractivity contribution in [3.63, 3.8) is 0 Å². The quantitative estimate of drug-likeness (QED) is 0.536. The largest absolute Gasteiger partial charge is 0.309 e. The van der Waals surface area contributed by atoms with Crippen molar-refractivity contribution in [2.24, 2.45) is 0 Å². The molecule has 1 aromatic carbocycles. The molecule has 0 aromatic heterocycles. The summed E-state index contributed by atoms with van der Waals surface area (Å²) in [5.41, 5.74) is 0.483. The molecular formula is C8H9NO2S. The van der Waals surface area contributed by atoms with Crippen LogP contribution in [-0.2, 0) is 0 Å². The van der Waals surface area contributed by atoms with Crippen molar-refractivity contribution in [2.45, 2.75) is 0 Å². The molecule has 1 aromatic rings. The minimum absolute atomic E-state index is 0.388. The minimum atomic E-state index is -0.388. The van der Waals surface area contributed by atoms with Gasteiger partial charge >= 0.3 is 5.24 Å². The van der Waals surface area contributed by atoms with Crippen LogP contribution in [0.5, 0.6) is 0 Å². The number of para-hydroxylation sites is 1. The first-order valence-corrected chi connectivity index (χ1v) is 4.60. The summed E-state index contributed by atoms with van der Waals surface area (Å²) in [6.07, 6.45) is 1.62. The molecule has 0 unspecified atom stereocenters. The summed E-state index contributed by atoms with van der Waals surface area (Å²) in [5, 5.41) is 9.49. The lowest BCUT2D eigenvalue weighted by atomic mass is 10.3. The Bertz CT molecular complexity index is 263. The van der Waals surface area contributed by atoms with Gasteiger partial charge in [0.05, 0.1) is 5.69 Å². The number of hydroxylamine groups is 1. The monoisotopic (exact) mass is 183 g/mol. The first-order chi connectivity index (χ1) is 5.75. The topological polar surface area (TPSA) is 40.5 Å². The maximum absolute atomic E-state index is 11.0. The molecule has 0 saturated carbocycles. The molecule has 3 nitrogen and oxygen atoms in total. The number of anilines is 1. The van der Waals surface area contributed by atoms with Gasteiger partial charge in [-0.15, -0.1) is 0 Å². The van der Waals surface area contributed by atoms with Gasteiger partial charge < -0.3 is 0 Å². The number of amides is 1. The number of hydrogen-bond acceptors (Lipinski definition) is 3. The highest BCUT2D eigenvalue weighted by atomic mass is 32.2. The molecule has 4 heteroatoms. The van der Waals surface area contributed by atoms with Crippen molar-refractivity contribution in [3.8, 4) is 0 Å². The van der Waals surface area contributed by atoms with Crippen LogP contribution in [0, 0.1) is 0 Å². The van der Waals surface area contributed by atoms with E-state index in [1.165, 1.54) is 0 Å². The van der Waals surface area contributed by atoms with Gasteiger partial charge in [-0.1, -0.05) is 30.0 Å². The molecule has 1 rings (SSSR count). The molecule has 1 amide bonds. The second-order valence-corrected chi connectivity index (χ2v) is 2.87. The molecule has 0 spiro atoms. The zero-order chi connectivity index (χ0) is 8.97. The molecule has 0 aliphatic heterocycles. The van der Waals surface area contributed by atoms with E-state index in [2.05, 4.69) is 0 Å². The van der Waals surface area contributed by atoms with Crippen molar-refractivity contribution in [3.05, 3.63) is 30.3 Å². The second-order valence-electron chi connectivity index (χ2n) is 2.12. The summed E-state index contributed by atoms with van der Waals surface area (Å²) in [6, 6.07) is 8.65. The Morgan fingerprint density at radius 1 is 1.42 bits per heavy atom. The number of thioether (sulfide) groups is 1. The SMILES string of the molecule is CSC(=O)N(O)c1ccccc1. The van der Waals surface area contributed by atoms with Gasteiger partial charge in [0.1, 0.15) is 0 Å². The minimum Gasteiger partial charge on any atom is -0.280 e. The Morgan fingerprint density at radius 3 is 2.50 bits per heavy atom. The molecule has 0 bridgehead atoms. The van der Waals surface area contributed by atoms with Crippen LogP contribution in [0.15, 0.2) is 30.3 Å². The third kappa shape index (κ3) is 1.99. The lowest BCUT2D eigenvalue weighted by Gasteiger charge is -2.12. The summed E-state index contributed by atoms with van der Waals surface area (Å²) in [7, 11) is 0. The van der Waals surface area contributed by atoms with Crippen molar-refractivity contribution < 1.29 is 10.0 Å². The Balaban J connectivity index is 2.78. The number of rotatable bonds is 1. The normalized spacial score (nSPS) is 9.50. The Hall–Kier alpha value is -1.00. The van der Waals surface area contributed by atoms with Crippen LogP contribution in [-0.4, -0.2) is 16.7 Å². The van der Waals surface area contributed by atoms with Crippen molar-refractivity contribution >= 4 is 22.7 Å². The van der Waals surface area contributed by atoms with Crippen molar-refractivity contribution in [2.75, 3.05) is 11.3 Å². The van der Waals surface area contributed by atoms with Crippen LogP contribution in [0.2, 0.25) is 0 Å². The lowest BCUT2D eigenvalue weighted by molar-refractivity contribution is 0.225. The Kier molecular flexibility index (Phi) is 3.13. The summed E-state index contributed by atoms with van der Waals surface area (Å²) in [5.74, 6) is 0. The molecule has 0 fully saturated rings. The maximum Gasteiger partial charge on any atom is 0.309 e. The van der Waals surface area contributed by atoms with E-state index in [4.69, 9.17) is 0 Å². The summed E-state index contributed by atoms with van der Waals surface area (Å²) < 4.78 is 0. The second kappa shape index (κ2) is 4.13. The molecule has 0 heterocycles. The van der Waals surface area contributed by atoms with E-state index < -0.39 is 0 Å². The zero-order valence-corrected chi connectivity index (χ0v) is 7.41. The van der Waals surface area contributed by atoms with Gasteiger partial charge in [0, 0.05) is 0 Å². The molecule has 0 saturated heterocycles. The van der Waals surface area contributed by atoms with Crippen LogP contribution in [0.4, 0.5) is 10.5 Å². The van der Waals surface area contributed by atoms with E-state index in [0.717, 1.165) is 11.8 Å². The predicted molar refractivity (Wildman–Crippen MR) is 49.6 cm³/mol. The summed E-state index contributed by atoms with van der Waals surface area (Å²) >= 11 is 0.965. The molecule has 0 radical (unpaired) electrons. The molecule has 0 aliphatic rings. The molecular weight excluding hydrogens is 174 g/mol. The van der Waals surface area contributed by atoms with Gasteiger partial charge in [0.2, 0.25) is 0 Å². The number of hydrogen-bond donors (Lipinski definition) is 1. The lowest BCUT2D eigenvalue weighted by Crippen LogP contribution is -2.21. The average molecular weight is 183 g/mol. The molecule has 1 N–H and O–H groups in total. The van der Waals surface area contributed by atoms with E-state index >= 15 is 0 Å².